The number of hydrogen-bond donors (Lipinski definition) is 1. The van der Waals surface area contributed by atoms with E-state index in [4.69, 9.17) is 30.3 Å². The Morgan fingerprint density at radius 1 is 1.19 bits per heavy atom. The Morgan fingerprint density at radius 2 is 2.03 bits per heavy atom. The predicted octanol–water partition coefficient (Wildman–Crippen LogP) is 6.68. The number of carboxylic acid groups (broad SMARTS) is 1. The van der Waals surface area contributed by atoms with E-state index in [0.717, 1.165) is 47.4 Å². The number of ether oxygens (including phenoxy) is 3. The number of nitrogens with zero attached hydrogens (tertiary/aromatic N) is 2. The summed E-state index contributed by atoms with van der Waals surface area (Å²) in [5.74, 6) is -0.373. The summed E-state index contributed by atoms with van der Waals surface area (Å²) in [6.45, 7) is 2.11. The van der Waals surface area contributed by atoms with E-state index in [1.54, 1.807) is 12.1 Å². The van der Waals surface area contributed by atoms with Gasteiger partial charge in [0.1, 0.15) is 36.2 Å². The summed E-state index contributed by atoms with van der Waals surface area (Å²) in [5, 5.41) is 14.1. The smallest absolute Gasteiger partial charge is 0.338 e. The molecule has 1 aliphatic carbocycles. The molecule has 2 aromatic heterocycles. The summed E-state index contributed by atoms with van der Waals surface area (Å²) in [7, 11) is 0. The van der Waals surface area contributed by atoms with Crippen molar-refractivity contribution >= 4 is 17.6 Å². The molecule has 1 saturated carbocycles. The van der Waals surface area contributed by atoms with Gasteiger partial charge in [-0.1, -0.05) is 28.9 Å². The quantitative estimate of drug-likeness (QED) is 0.299. The zero-order chi connectivity index (χ0) is 25.7. The third kappa shape index (κ3) is 4.35. The summed E-state index contributed by atoms with van der Waals surface area (Å²) < 4.78 is 37.4. The normalized spacial score (nSPS) is 14.1. The van der Waals surface area contributed by atoms with Crippen LogP contribution < -0.4 is 14.2 Å². The minimum absolute atomic E-state index is 0.0178. The van der Waals surface area contributed by atoms with Crippen molar-refractivity contribution in [3.05, 3.63) is 81.4 Å². The number of aromatic nitrogens is 2. The average molecular weight is 523 g/mol. The van der Waals surface area contributed by atoms with Crippen molar-refractivity contribution in [2.45, 2.75) is 38.9 Å². The van der Waals surface area contributed by atoms with Crippen LogP contribution in [0.25, 0.3) is 11.3 Å². The van der Waals surface area contributed by atoms with Crippen molar-refractivity contribution in [1.29, 1.82) is 0 Å². The van der Waals surface area contributed by atoms with Gasteiger partial charge >= 0.3 is 5.97 Å². The molecular weight excluding hydrogens is 503 g/mol. The Morgan fingerprint density at radius 3 is 2.78 bits per heavy atom. The minimum atomic E-state index is -1.40. The number of halogens is 2. The molecule has 10 heteroatoms. The first-order chi connectivity index (χ1) is 17.9. The van der Waals surface area contributed by atoms with Crippen LogP contribution in [0.2, 0.25) is 5.02 Å². The van der Waals surface area contributed by atoms with Gasteiger partial charge in [-0.05, 0) is 37.5 Å². The zero-order valence-corrected chi connectivity index (χ0v) is 20.3. The first-order valence-electron chi connectivity index (χ1n) is 11.6. The molecule has 2 aliphatic rings. The summed E-state index contributed by atoms with van der Waals surface area (Å²) in [4.78, 5) is 15.8. The molecule has 0 spiro atoms. The monoisotopic (exact) mass is 522 g/mol. The molecule has 0 unspecified atom stereocenters. The van der Waals surface area contributed by atoms with E-state index in [2.05, 4.69) is 10.1 Å². The van der Waals surface area contributed by atoms with Gasteiger partial charge in [0.05, 0.1) is 16.1 Å². The highest BCUT2D eigenvalue weighted by Gasteiger charge is 2.33. The Hall–Kier alpha value is -4.11. The van der Waals surface area contributed by atoms with Crippen molar-refractivity contribution in [1.82, 2.24) is 10.1 Å². The molecule has 1 aliphatic heterocycles. The summed E-state index contributed by atoms with van der Waals surface area (Å²) in [6.07, 6.45) is 2.05. The molecule has 0 atom stereocenters. The largest absolute Gasteiger partial charge is 0.483 e. The van der Waals surface area contributed by atoms with Gasteiger partial charge in [-0.25, -0.2) is 14.2 Å². The van der Waals surface area contributed by atoms with Gasteiger partial charge in [-0.3, -0.25) is 0 Å². The zero-order valence-electron chi connectivity index (χ0n) is 19.6. The lowest BCUT2D eigenvalue weighted by atomic mass is 10.0. The minimum Gasteiger partial charge on any atom is -0.483 e. The Balaban J connectivity index is 1.27. The van der Waals surface area contributed by atoms with Crippen molar-refractivity contribution in [3.8, 4) is 34.4 Å². The number of benzene rings is 2. The van der Waals surface area contributed by atoms with E-state index in [-0.39, 0.29) is 24.7 Å². The molecule has 2 aromatic carbocycles. The van der Waals surface area contributed by atoms with Gasteiger partial charge in [0.2, 0.25) is 5.88 Å². The fourth-order valence-corrected chi connectivity index (χ4v) is 4.61. The molecule has 0 amide bonds. The topological polar surface area (TPSA) is 104 Å². The molecule has 1 N–H and O–H groups in total. The van der Waals surface area contributed by atoms with Gasteiger partial charge in [0, 0.05) is 29.7 Å². The number of carboxylic acids is 1. The first-order valence-corrected chi connectivity index (χ1v) is 12.0. The highest BCUT2D eigenvalue weighted by Crippen LogP contribution is 2.45. The Bertz CT molecular complexity index is 1530. The Kier molecular flexibility index (Phi) is 5.72. The lowest BCUT2D eigenvalue weighted by Gasteiger charge is -2.11. The van der Waals surface area contributed by atoms with Crippen molar-refractivity contribution in [2.24, 2.45) is 0 Å². The molecule has 0 radical (unpaired) electrons. The van der Waals surface area contributed by atoms with E-state index in [1.165, 1.54) is 0 Å². The van der Waals surface area contributed by atoms with Crippen LogP contribution in [-0.4, -0.2) is 21.2 Å². The second kappa shape index (κ2) is 9.08. The molecule has 8 nitrogen and oxygen atoms in total. The van der Waals surface area contributed by atoms with Crippen LogP contribution in [0.4, 0.5) is 4.39 Å². The van der Waals surface area contributed by atoms with Crippen LogP contribution in [0, 0.1) is 12.7 Å². The molecule has 0 bridgehead atoms. The summed E-state index contributed by atoms with van der Waals surface area (Å²) in [6, 6.07) is 11.0. The highest BCUT2D eigenvalue weighted by atomic mass is 35.5. The number of hydrogen-bond acceptors (Lipinski definition) is 7. The molecular formula is C27H20ClFN2O6. The van der Waals surface area contributed by atoms with Crippen LogP contribution in [-0.2, 0) is 13.2 Å². The molecule has 37 heavy (non-hydrogen) atoms. The van der Waals surface area contributed by atoms with E-state index in [0.29, 0.717) is 34.0 Å². The number of rotatable bonds is 6. The van der Waals surface area contributed by atoms with Gasteiger partial charge in [0.15, 0.2) is 17.2 Å². The van der Waals surface area contributed by atoms with Gasteiger partial charge in [0.25, 0.3) is 0 Å². The number of pyridine rings is 1. The second-order valence-corrected chi connectivity index (χ2v) is 9.34. The van der Waals surface area contributed by atoms with Gasteiger partial charge in [-0.15, -0.1) is 0 Å². The molecule has 6 rings (SSSR count). The third-order valence-electron chi connectivity index (χ3n) is 6.34. The molecule has 1 fully saturated rings. The van der Waals surface area contributed by atoms with Crippen LogP contribution >= 0.6 is 11.6 Å². The predicted molar refractivity (Wildman–Crippen MR) is 130 cm³/mol. The van der Waals surface area contributed by atoms with E-state index >= 15 is 0 Å². The lowest BCUT2D eigenvalue weighted by Crippen LogP contribution is -2.04. The maximum Gasteiger partial charge on any atom is 0.338 e. The lowest BCUT2D eigenvalue weighted by molar-refractivity contribution is 0.0691. The molecule has 0 saturated heterocycles. The number of aryl methyl sites for hydroxylation is 1. The van der Waals surface area contributed by atoms with Crippen LogP contribution in [0.3, 0.4) is 0 Å². The molecule has 3 heterocycles. The number of aromatic carboxylic acids is 1. The maximum atomic E-state index is 14.1. The second-order valence-electron chi connectivity index (χ2n) is 8.94. The SMILES string of the molecule is Cc1cccc(Cl)c1-c1noc(C2CC2)c1COc1ccc2c(n1)COc1cc(F)c(C(=O)O)cc1O2. The van der Waals surface area contributed by atoms with Gasteiger partial charge < -0.3 is 23.8 Å². The van der Waals surface area contributed by atoms with E-state index < -0.39 is 17.3 Å². The summed E-state index contributed by atoms with van der Waals surface area (Å²) in [5.41, 5.74) is 3.17. The third-order valence-corrected chi connectivity index (χ3v) is 6.66. The highest BCUT2D eigenvalue weighted by molar-refractivity contribution is 6.33. The van der Waals surface area contributed by atoms with Crippen LogP contribution in [0.5, 0.6) is 23.1 Å². The van der Waals surface area contributed by atoms with E-state index in [9.17, 15) is 14.3 Å². The van der Waals surface area contributed by atoms with Crippen LogP contribution in [0.1, 0.15) is 51.7 Å². The fraction of sp³-hybridized carbons (Fsp3) is 0.222. The maximum absolute atomic E-state index is 14.1. The summed E-state index contributed by atoms with van der Waals surface area (Å²) >= 11 is 6.51. The number of fused-ring (bicyclic) bond motifs is 2. The molecule has 4 aromatic rings. The van der Waals surface area contributed by atoms with Gasteiger partial charge in [-0.2, -0.15) is 0 Å². The van der Waals surface area contributed by atoms with E-state index in [1.807, 2.05) is 25.1 Å². The van der Waals surface area contributed by atoms with Crippen molar-refractivity contribution in [2.75, 3.05) is 0 Å². The van der Waals surface area contributed by atoms with Crippen molar-refractivity contribution in [3.63, 3.8) is 0 Å². The first kappa shape index (κ1) is 23.3. The van der Waals surface area contributed by atoms with Crippen LogP contribution in [0.15, 0.2) is 47.0 Å². The average Bonchev–Trinajstić information content (AvgIpc) is 3.65. The number of carbonyl (C=O) groups is 1. The Labute approximate surface area is 215 Å². The fourth-order valence-electron chi connectivity index (χ4n) is 4.30. The van der Waals surface area contributed by atoms with Crippen molar-refractivity contribution < 1.29 is 33.0 Å². The standard InChI is InChI=1S/C27H20ClFN2O6/c1-13-3-2-4-17(28)24(13)25-16(26(37-31-25)14-5-6-14)11-35-23-8-7-20-19(30-23)12-34-21-10-18(29)15(27(32)33)9-22(21)36-20/h2-4,7-10,14H,5-6,11-12H2,1H3,(H,32,33). The molecule has 188 valence electrons.